The molecule has 6 heteroatoms. The van der Waals surface area contributed by atoms with Crippen LogP contribution in [-0.2, 0) is 28.3 Å². The Labute approximate surface area is 212 Å². The number of carbonyl (C=O) groups excluding carboxylic acids is 2. The molecule has 0 aliphatic carbocycles. The Kier molecular flexibility index (Phi) is 10.2. The number of aryl methyl sites for hydroxylation is 1. The predicted molar refractivity (Wildman–Crippen MR) is 144 cm³/mol. The van der Waals surface area contributed by atoms with E-state index >= 15 is 0 Å². The van der Waals surface area contributed by atoms with Gasteiger partial charge in [0.1, 0.15) is 11.8 Å². The minimum Gasteiger partial charge on any atom is -0.497 e. The molecule has 1 atom stereocenters. The summed E-state index contributed by atoms with van der Waals surface area (Å²) < 4.78 is 5.22. The van der Waals surface area contributed by atoms with Gasteiger partial charge in [0.15, 0.2) is 0 Å². The van der Waals surface area contributed by atoms with Crippen LogP contribution in [0.1, 0.15) is 29.2 Å². The van der Waals surface area contributed by atoms with Crippen LogP contribution in [-0.4, -0.2) is 42.2 Å². The second kappa shape index (κ2) is 13.6. The molecule has 1 N–H and O–H groups in total. The molecule has 3 aromatic carbocycles. The third kappa shape index (κ3) is 8.18. The van der Waals surface area contributed by atoms with E-state index in [4.69, 9.17) is 4.74 Å². The van der Waals surface area contributed by atoms with E-state index in [0.29, 0.717) is 31.0 Å². The quantitative estimate of drug-likeness (QED) is 0.388. The number of nitrogens with zero attached hydrogens (tertiary/aromatic N) is 1. The summed E-state index contributed by atoms with van der Waals surface area (Å²) in [6.45, 7) is 4.84. The molecule has 0 bridgehead atoms. The Bertz CT molecular complexity index is 1070. The maximum atomic E-state index is 13.6. The van der Waals surface area contributed by atoms with Gasteiger partial charge in [-0.05, 0) is 42.7 Å². The lowest BCUT2D eigenvalue weighted by molar-refractivity contribution is -0.139. The third-order valence-corrected chi connectivity index (χ3v) is 6.74. The standard InChI is InChI=1S/C29H34N2O3S/c1-4-30-29(33)27(18-23-8-6-5-7-9-23)31(19-24-12-10-22(2)11-13-24)28(32)21-35-20-25-14-16-26(34-3)17-15-25/h5-17,27H,4,18-21H2,1-3H3,(H,30,33). The molecule has 0 aliphatic heterocycles. The number of hydrogen-bond acceptors (Lipinski definition) is 4. The fourth-order valence-electron chi connectivity index (χ4n) is 3.80. The van der Waals surface area contributed by atoms with Crippen molar-refractivity contribution in [3.8, 4) is 5.75 Å². The Morgan fingerprint density at radius 1 is 0.914 bits per heavy atom. The molecule has 0 heterocycles. The zero-order chi connectivity index (χ0) is 25.0. The molecule has 0 saturated heterocycles. The number of carbonyl (C=O) groups is 2. The third-order valence-electron chi connectivity index (χ3n) is 5.75. The van der Waals surface area contributed by atoms with Crippen molar-refractivity contribution in [2.45, 2.75) is 38.6 Å². The average Bonchev–Trinajstić information content (AvgIpc) is 2.88. The van der Waals surface area contributed by atoms with Crippen molar-refractivity contribution in [2.24, 2.45) is 0 Å². The molecule has 0 fully saturated rings. The van der Waals surface area contributed by atoms with Crippen LogP contribution in [0.5, 0.6) is 5.75 Å². The zero-order valence-corrected chi connectivity index (χ0v) is 21.5. The highest BCUT2D eigenvalue weighted by Crippen LogP contribution is 2.20. The first kappa shape index (κ1) is 26.4. The highest BCUT2D eigenvalue weighted by atomic mass is 32.2. The molecule has 184 valence electrons. The van der Waals surface area contributed by atoms with Crippen molar-refractivity contribution in [3.63, 3.8) is 0 Å². The molecule has 3 aromatic rings. The smallest absolute Gasteiger partial charge is 0.243 e. The molecule has 3 rings (SSSR count). The van der Waals surface area contributed by atoms with E-state index in [1.54, 1.807) is 23.8 Å². The van der Waals surface area contributed by atoms with Crippen LogP contribution in [0.3, 0.4) is 0 Å². The number of thioether (sulfide) groups is 1. The number of likely N-dealkylation sites (N-methyl/N-ethyl adjacent to an activating group) is 1. The SMILES string of the molecule is CCNC(=O)C(Cc1ccccc1)N(Cc1ccc(C)cc1)C(=O)CSCc1ccc(OC)cc1. The summed E-state index contributed by atoms with van der Waals surface area (Å²) in [7, 11) is 1.64. The fourth-order valence-corrected chi connectivity index (χ4v) is 4.67. The monoisotopic (exact) mass is 490 g/mol. The van der Waals surface area contributed by atoms with E-state index in [2.05, 4.69) is 5.32 Å². The van der Waals surface area contributed by atoms with Crippen molar-refractivity contribution < 1.29 is 14.3 Å². The predicted octanol–water partition coefficient (Wildman–Crippen LogP) is 5.01. The van der Waals surface area contributed by atoms with Crippen LogP contribution in [0.15, 0.2) is 78.9 Å². The van der Waals surface area contributed by atoms with E-state index in [1.807, 2.05) is 92.7 Å². The van der Waals surface area contributed by atoms with Crippen LogP contribution in [0, 0.1) is 6.92 Å². The molecule has 0 aromatic heterocycles. The van der Waals surface area contributed by atoms with Gasteiger partial charge < -0.3 is 15.0 Å². The topological polar surface area (TPSA) is 58.6 Å². The van der Waals surface area contributed by atoms with Gasteiger partial charge in [-0.25, -0.2) is 0 Å². The first-order chi connectivity index (χ1) is 17.0. The van der Waals surface area contributed by atoms with Gasteiger partial charge in [-0.1, -0.05) is 72.3 Å². The molecular formula is C29H34N2O3S. The molecule has 35 heavy (non-hydrogen) atoms. The number of hydrogen-bond donors (Lipinski definition) is 1. The lowest BCUT2D eigenvalue weighted by Gasteiger charge is -2.31. The van der Waals surface area contributed by atoms with Crippen molar-refractivity contribution >= 4 is 23.6 Å². The van der Waals surface area contributed by atoms with Crippen molar-refractivity contribution in [1.82, 2.24) is 10.2 Å². The number of nitrogens with one attached hydrogen (secondary N) is 1. The summed E-state index contributed by atoms with van der Waals surface area (Å²) in [6, 6.07) is 25.3. The molecule has 0 radical (unpaired) electrons. The lowest BCUT2D eigenvalue weighted by atomic mass is 10.0. The maximum Gasteiger partial charge on any atom is 0.243 e. The first-order valence-electron chi connectivity index (χ1n) is 11.9. The van der Waals surface area contributed by atoms with Gasteiger partial charge in [-0.3, -0.25) is 9.59 Å². The molecular weight excluding hydrogens is 456 g/mol. The number of benzene rings is 3. The van der Waals surface area contributed by atoms with Crippen LogP contribution in [0.4, 0.5) is 0 Å². The van der Waals surface area contributed by atoms with E-state index in [0.717, 1.165) is 28.0 Å². The fraction of sp³-hybridized carbons (Fsp3) is 0.310. The summed E-state index contributed by atoms with van der Waals surface area (Å²) in [6.07, 6.45) is 0.466. The molecule has 1 unspecified atom stereocenters. The largest absolute Gasteiger partial charge is 0.497 e. The van der Waals surface area contributed by atoms with Gasteiger partial charge in [0.2, 0.25) is 11.8 Å². The van der Waals surface area contributed by atoms with Crippen LogP contribution in [0.2, 0.25) is 0 Å². The summed E-state index contributed by atoms with van der Waals surface area (Å²) in [4.78, 5) is 28.5. The van der Waals surface area contributed by atoms with Crippen LogP contribution >= 0.6 is 11.8 Å². The number of ether oxygens (including phenoxy) is 1. The van der Waals surface area contributed by atoms with Crippen LogP contribution < -0.4 is 10.1 Å². The maximum absolute atomic E-state index is 13.6. The van der Waals surface area contributed by atoms with Crippen molar-refractivity contribution in [1.29, 1.82) is 0 Å². The highest BCUT2D eigenvalue weighted by molar-refractivity contribution is 7.99. The minimum absolute atomic E-state index is 0.0451. The van der Waals surface area contributed by atoms with E-state index < -0.39 is 6.04 Å². The normalized spacial score (nSPS) is 11.5. The number of methoxy groups -OCH3 is 1. The highest BCUT2D eigenvalue weighted by Gasteiger charge is 2.30. The summed E-state index contributed by atoms with van der Waals surface area (Å²) in [5.74, 6) is 1.64. The lowest BCUT2D eigenvalue weighted by Crippen LogP contribution is -2.51. The van der Waals surface area contributed by atoms with Gasteiger partial charge in [-0.15, -0.1) is 11.8 Å². The Morgan fingerprint density at radius 3 is 2.20 bits per heavy atom. The molecule has 2 amide bonds. The van der Waals surface area contributed by atoms with Gasteiger partial charge >= 0.3 is 0 Å². The van der Waals surface area contributed by atoms with Gasteiger partial charge in [-0.2, -0.15) is 0 Å². The van der Waals surface area contributed by atoms with E-state index in [-0.39, 0.29) is 11.8 Å². The Hall–Kier alpha value is -3.25. The van der Waals surface area contributed by atoms with Gasteiger partial charge in [0.25, 0.3) is 0 Å². The van der Waals surface area contributed by atoms with Crippen molar-refractivity contribution in [2.75, 3.05) is 19.4 Å². The molecule has 5 nitrogen and oxygen atoms in total. The summed E-state index contributed by atoms with van der Waals surface area (Å²) in [5.41, 5.74) is 4.31. The number of rotatable bonds is 12. The minimum atomic E-state index is -0.590. The summed E-state index contributed by atoms with van der Waals surface area (Å²) in [5, 5.41) is 2.94. The molecule has 0 spiro atoms. The average molecular weight is 491 g/mol. The number of amides is 2. The van der Waals surface area contributed by atoms with E-state index in [1.165, 1.54) is 0 Å². The summed E-state index contributed by atoms with van der Waals surface area (Å²) >= 11 is 1.55. The molecule has 0 saturated carbocycles. The van der Waals surface area contributed by atoms with Gasteiger partial charge in [0.05, 0.1) is 12.9 Å². The van der Waals surface area contributed by atoms with Gasteiger partial charge in [0, 0.05) is 25.3 Å². The zero-order valence-electron chi connectivity index (χ0n) is 20.7. The second-order valence-corrected chi connectivity index (χ2v) is 9.43. The second-order valence-electron chi connectivity index (χ2n) is 8.45. The Morgan fingerprint density at radius 2 is 1.57 bits per heavy atom. The first-order valence-corrected chi connectivity index (χ1v) is 13.0. The van der Waals surface area contributed by atoms with E-state index in [9.17, 15) is 9.59 Å². The molecule has 0 aliphatic rings. The van der Waals surface area contributed by atoms with Crippen molar-refractivity contribution in [3.05, 3.63) is 101 Å². The van der Waals surface area contributed by atoms with Crippen LogP contribution in [0.25, 0.3) is 0 Å². The Balaban J connectivity index is 1.79.